The maximum absolute atomic E-state index is 13.5. The number of nitrogens with zero attached hydrogens (tertiary/aromatic N) is 1. The summed E-state index contributed by atoms with van der Waals surface area (Å²) < 4.78 is 10.9. The number of carbonyl (C=O) groups is 2. The van der Waals surface area contributed by atoms with E-state index < -0.39 is 5.97 Å². The minimum Gasteiger partial charge on any atom is -0.494 e. The number of amides is 1. The second-order valence-electron chi connectivity index (χ2n) is 9.17. The molecule has 3 aromatic carbocycles. The van der Waals surface area contributed by atoms with Gasteiger partial charge in [-0.3, -0.25) is 4.79 Å². The molecule has 0 saturated carbocycles. The van der Waals surface area contributed by atoms with E-state index in [9.17, 15) is 9.59 Å². The van der Waals surface area contributed by atoms with E-state index >= 15 is 0 Å². The molecule has 4 rings (SSSR count). The smallest absolute Gasteiger partial charge is 0.338 e. The van der Waals surface area contributed by atoms with Crippen molar-refractivity contribution in [2.24, 2.45) is 0 Å². The van der Waals surface area contributed by atoms with Gasteiger partial charge < -0.3 is 19.7 Å². The molecule has 1 unspecified atom stereocenters. The van der Waals surface area contributed by atoms with E-state index in [1.807, 2.05) is 31.2 Å². The van der Waals surface area contributed by atoms with Gasteiger partial charge in [-0.05, 0) is 56.9 Å². The Balaban J connectivity index is 1.61. The summed E-state index contributed by atoms with van der Waals surface area (Å²) in [4.78, 5) is 28.1. The van der Waals surface area contributed by atoms with Gasteiger partial charge in [-0.15, -0.1) is 0 Å². The summed E-state index contributed by atoms with van der Waals surface area (Å²) in [6.45, 7) is 6.42. The fraction of sp³-hybridized carbons (Fsp3) is 0.355. The van der Waals surface area contributed by atoms with Crippen molar-refractivity contribution in [1.82, 2.24) is 5.32 Å². The molecule has 0 bridgehead atoms. The van der Waals surface area contributed by atoms with Crippen LogP contribution in [-0.2, 0) is 16.0 Å². The molecule has 1 fully saturated rings. The lowest BCUT2D eigenvalue weighted by Crippen LogP contribution is -2.34. The number of nitrogens with one attached hydrogen (secondary N) is 1. The van der Waals surface area contributed by atoms with Gasteiger partial charge in [0.15, 0.2) is 0 Å². The van der Waals surface area contributed by atoms with E-state index in [0.29, 0.717) is 24.5 Å². The van der Waals surface area contributed by atoms with E-state index in [0.717, 1.165) is 29.8 Å². The van der Waals surface area contributed by atoms with Gasteiger partial charge >= 0.3 is 5.97 Å². The van der Waals surface area contributed by atoms with Gasteiger partial charge in [0.05, 0.1) is 31.2 Å². The minimum absolute atomic E-state index is 0.118. The molecule has 1 atom stereocenters. The maximum atomic E-state index is 13.5. The summed E-state index contributed by atoms with van der Waals surface area (Å²) in [5.74, 6) is -0.00163. The standard InChI is InChI=1S/C31H36N2O4/c1-3-36-28-21-25(31(35)37-4-2)18-17-24(28)22-29(34)32-30(23-13-7-5-8-14-23)26-15-9-10-16-27(26)33-19-11-6-12-20-33/h5,7-10,13-18,21,30H,3-4,6,11-12,19-20,22H2,1-2H3,(H,32,34). The van der Waals surface area contributed by atoms with Crippen LogP contribution in [0.1, 0.15) is 66.2 Å². The molecule has 6 heteroatoms. The van der Waals surface area contributed by atoms with Crippen LogP contribution in [-0.4, -0.2) is 38.2 Å². The number of hydrogen-bond acceptors (Lipinski definition) is 5. The molecular formula is C31H36N2O4. The van der Waals surface area contributed by atoms with Crippen LogP contribution in [0.2, 0.25) is 0 Å². The van der Waals surface area contributed by atoms with Crippen molar-refractivity contribution in [2.75, 3.05) is 31.2 Å². The highest BCUT2D eigenvalue weighted by Gasteiger charge is 2.24. The van der Waals surface area contributed by atoms with Crippen molar-refractivity contribution < 1.29 is 19.1 Å². The number of esters is 1. The fourth-order valence-electron chi connectivity index (χ4n) is 4.86. The number of anilines is 1. The fourth-order valence-corrected chi connectivity index (χ4v) is 4.86. The number of benzene rings is 3. The zero-order valence-electron chi connectivity index (χ0n) is 21.7. The number of para-hydroxylation sites is 1. The molecule has 1 amide bonds. The molecule has 6 nitrogen and oxygen atoms in total. The lowest BCUT2D eigenvalue weighted by Gasteiger charge is -2.33. The molecule has 0 spiro atoms. The van der Waals surface area contributed by atoms with Gasteiger partial charge in [0.2, 0.25) is 5.91 Å². The molecule has 1 saturated heterocycles. The number of rotatable bonds is 10. The zero-order chi connectivity index (χ0) is 26.0. The van der Waals surface area contributed by atoms with Crippen molar-refractivity contribution in [3.63, 3.8) is 0 Å². The second kappa shape index (κ2) is 12.9. The van der Waals surface area contributed by atoms with Gasteiger partial charge in [0.1, 0.15) is 5.75 Å². The van der Waals surface area contributed by atoms with Gasteiger partial charge in [-0.25, -0.2) is 4.79 Å². The van der Waals surface area contributed by atoms with E-state index in [1.54, 1.807) is 25.1 Å². The molecule has 1 aliphatic rings. The Hall–Kier alpha value is -3.80. The summed E-state index contributed by atoms with van der Waals surface area (Å²) >= 11 is 0. The van der Waals surface area contributed by atoms with Crippen molar-refractivity contribution in [3.8, 4) is 5.75 Å². The van der Waals surface area contributed by atoms with E-state index in [1.165, 1.54) is 24.9 Å². The Morgan fingerprint density at radius 2 is 1.62 bits per heavy atom. The molecule has 1 heterocycles. The number of carbonyl (C=O) groups excluding carboxylic acids is 2. The van der Waals surface area contributed by atoms with E-state index in [-0.39, 0.29) is 18.4 Å². The number of ether oxygens (including phenoxy) is 2. The average Bonchev–Trinajstić information content (AvgIpc) is 2.94. The topological polar surface area (TPSA) is 67.9 Å². The predicted octanol–water partition coefficient (Wildman–Crippen LogP) is 5.70. The Bertz CT molecular complexity index is 1190. The molecule has 0 radical (unpaired) electrons. The molecule has 1 N–H and O–H groups in total. The van der Waals surface area contributed by atoms with E-state index in [2.05, 4.69) is 40.5 Å². The predicted molar refractivity (Wildman–Crippen MR) is 146 cm³/mol. The summed E-state index contributed by atoms with van der Waals surface area (Å²) in [5, 5.41) is 3.29. The van der Waals surface area contributed by atoms with Crippen LogP contribution >= 0.6 is 0 Å². The summed E-state index contributed by atoms with van der Waals surface area (Å²) in [6, 6.07) is 23.3. The SMILES string of the molecule is CCOC(=O)c1ccc(CC(=O)NC(c2ccccc2)c2ccccc2N2CCCCC2)c(OCC)c1. The quantitative estimate of drug-likeness (QED) is 0.362. The molecule has 194 valence electrons. The summed E-state index contributed by atoms with van der Waals surface area (Å²) in [6.07, 6.45) is 3.75. The lowest BCUT2D eigenvalue weighted by atomic mass is 9.95. The first-order chi connectivity index (χ1) is 18.1. The highest BCUT2D eigenvalue weighted by atomic mass is 16.5. The molecule has 0 aromatic heterocycles. The van der Waals surface area contributed by atoms with Gasteiger partial charge in [-0.2, -0.15) is 0 Å². The van der Waals surface area contributed by atoms with Crippen molar-refractivity contribution in [3.05, 3.63) is 95.1 Å². The van der Waals surface area contributed by atoms with Crippen LogP contribution in [0.3, 0.4) is 0 Å². The highest BCUT2D eigenvalue weighted by molar-refractivity contribution is 5.90. The third-order valence-corrected chi connectivity index (χ3v) is 6.61. The molecule has 0 aliphatic carbocycles. The number of piperidine rings is 1. The molecule has 1 aliphatic heterocycles. The van der Waals surface area contributed by atoms with Crippen LogP contribution in [0.4, 0.5) is 5.69 Å². The summed E-state index contributed by atoms with van der Waals surface area (Å²) in [5.41, 5.74) is 4.43. The first-order valence-electron chi connectivity index (χ1n) is 13.2. The minimum atomic E-state index is -0.405. The third-order valence-electron chi connectivity index (χ3n) is 6.61. The first kappa shape index (κ1) is 26.3. The second-order valence-corrected chi connectivity index (χ2v) is 9.17. The van der Waals surface area contributed by atoms with Gasteiger partial charge in [-0.1, -0.05) is 54.6 Å². The molecule has 37 heavy (non-hydrogen) atoms. The summed E-state index contributed by atoms with van der Waals surface area (Å²) in [7, 11) is 0. The van der Waals surface area contributed by atoms with Gasteiger partial charge in [0, 0.05) is 29.9 Å². The zero-order valence-corrected chi connectivity index (χ0v) is 21.7. The van der Waals surface area contributed by atoms with Crippen LogP contribution in [0.5, 0.6) is 5.75 Å². The normalized spacial score (nSPS) is 14.1. The van der Waals surface area contributed by atoms with Crippen LogP contribution in [0.15, 0.2) is 72.8 Å². The Morgan fingerprint density at radius 3 is 2.35 bits per heavy atom. The largest absolute Gasteiger partial charge is 0.494 e. The Morgan fingerprint density at radius 1 is 0.892 bits per heavy atom. The maximum Gasteiger partial charge on any atom is 0.338 e. The van der Waals surface area contributed by atoms with Crippen molar-refractivity contribution >= 4 is 17.6 Å². The first-order valence-corrected chi connectivity index (χ1v) is 13.2. The average molecular weight is 501 g/mol. The third kappa shape index (κ3) is 6.70. The lowest BCUT2D eigenvalue weighted by molar-refractivity contribution is -0.121. The number of hydrogen-bond donors (Lipinski definition) is 1. The van der Waals surface area contributed by atoms with Crippen LogP contribution < -0.4 is 15.0 Å². The Labute approximate surface area is 219 Å². The van der Waals surface area contributed by atoms with Crippen molar-refractivity contribution in [1.29, 1.82) is 0 Å². The van der Waals surface area contributed by atoms with Gasteiger partial charge in [0.25, 0.3) is 0 Å². The highest BCUT2D eigenvalue weighted by Crippen LogP contribution is 2.33. The van der Waals surface area contributed by atoms with E-state index in [4.69, 9.17) is 9.47 Å². The monoisotopic (exact) mass is 500 g/mol. The molecular weight excluding hydrogens is 464 g/mol. The van der Waals surface area contributed by atoms with Crippen LogP contribution in [0.25, 0.3) is 0 Å². The van der Waals surface area contributed by atoms with Crippen LogP contribution in [0, 0.1) is 0 Å². The molecule has 3 aromatic rings. The van der Waals surface area contributed by atoms with Crippen molar-refractivity contribution in [2.45, 2.75) is 45.6 Å². The Kier molecular flexibility index (Phi) is 9.19.